The van der Waals surface area contributed by atoms with E-state index in [1.165, 1.54) is 45.1 Å². The number of rotatable bonds is 8. The molecule has 0 aromatic carbocycles. The van der Waals surface area contributed by atoms with Gasteiger partial charge in [-0.15, -0.1) is 0 Å². The summed E-state index contributed by atoms with van der Waals surface area (Å²) in [5.74, 6) is 0.982. The van der Waals surface area contributed by atoms with Crippen molar-refractivity contribution in [3.05, 3.63) is 18.1 Å². The summed E-state index contributed by atoms with van der Waals surface area (Å²) in [5.41, 5.74) is 6.12. The summed E-state index contributed by atoms with van der Waals surface area (Å²) >= 11 is 0. The minimum Gasteiger partial charge on any atom is -0.492 e. The van der Waals surface area contributed by atoms with Crippen LogP contribution in [0.5, 0.6) is 5.75 Å². The van der Waals surface area contributed by atoms with Gasteiger partial charge in [-0.3, -0.25) is 4.90 Å². The van der Waals surface area contributed by atoms with E-state index in [-0.39, 0.29) is 23.8 Å². The van der Waals surface area contributed by atoms with Crippen molar-refractivity contribution < 1.29 is 9.13 Å². The molecule has 180 valence electrons. The van der Waals surface area contributed by atoms with Gasteiger partial charge in [0.1, 0.15) is 5.82 Å². The maximum absolute atomic E-state index is 14.7. The molecular formula is C23H35FN8O. The van der Waals surface area contributed by atoms with Crippen LogP contribution in [0.15, 0.2) is 12.3 Å². The van der Waals surface area contributed by atoms with Gasteiger partial charge in [-0.05, 0) is 38.6 Å². The quantitative estimate of drug-likeness (QED) is 0.508. The summed E-state index contributed by atoms with van der Waals surface area (Å²) in [7, 11) is 1.42. The molecule has 1 saturated carbocycles. The number of nitrogens with one attached hydrogen (secondary N) is 2. The van der Waals surface area contributed by atoms with Crippen LogP contribution in [0.3, 0.4) is 0 Å². The fourth-order valence-corrected chi connectivity index (χ4v) is 4.96. The van der Waals surface area contributed by atoms with Gasteiger partial charge in [0, 0.05) is 18.2 Å². The van der Waals surface area contributed by atoms with Gasteiger partial charge in [-0.1, -0.05) is 32.6 Å². The fraction of sp³-hybridized carbons (Fsp3) is 0.652. The highest BCUT2D eigenvalue weighted by molar-refractivity contribution is 5.57. The van der Waals surface area contributed by atoms with Crippen LogP contribution in [0.4, 0.5) is 28.1 Å². The first-order valence-corrected chi connectivity index (χ1v) is 12.1. The van der Waals surface area contributed by atoms with Crippen LogP contribution in [-0.4, -0.2) is 51.7 Å². The predicted molar refractivity (Wildman–Crippen MR) is 127 cm³/mol. The average Bonchev–Trinajstić information content (AvgIpc) is 3.21. The summed E-state index contributed by atoms with van der Waals surface area (Å²) in [5, 5.41) is 7.03. The van der Waals surface area contributed by atoms with Crippen LogP contribution in [-0.2, 0) is 0 Å². The SMILES string of the molecule is CCC(C1CCCN1)N(c1cc(F)c(OC)cn1)c1nc(N)nc(NC2CCCCCC2)n1. The topological polar surface area (TPSA) is 114 Å². The summed E-state index contributed by atoms with van der Waals surface area (Å²) in [4.78, 5) is 19.9. The Hall–Kier alpha value is -2.75. The van der Waals surface area contributed by atoms with E-state index in [0.717, 1.165) is 38.6 Å². The molecule has 0 spiro atoms. The number of pyridine rings is 1. The third-order valence-electron chi connectivity index (χ3n) is 6.63. The van der Waals surface area contributed by atoms with E-state index >= 15 is 0 Å². The van der Waals surface area contributed by atoms with Crippen molar-refractivity contribution in [1.29, 1.82) is 0 Å². The molecule has 2 atom stereocenters. The molecule has 0 radical (unpaired) electrons. The first-order chi connectivity index (χ1) is 16.1. The molecule has 2 aromatic heterocycles. The van der Waals surface area contributed by atoms with Crippen LogP contribution < -0.4 is 26.0 Å². The molecule has 4 rings (SSSR count). The molecule has 9 nitrogen and oxygen atoms in total. The number of ether oxygens (including phenoxy) is 1. The maximum Gasteiger partial charge on any atom is 0.238 e. The molecule has 0 bridgehead atoms. The molecule has 3 heterocycles. The highest BCUT2D eigenvalue weighted by atomic mass is 19.1. The molecule has 2 aliphatic rings. The van der Waals surface area contributed by atoms with Crippen molar-refractivity contribution >= 4 is 23.7 Å². The third kappa shape index (κ3) is 5.61. The minimum absolute atomic E-state index is 0.0275. The zero-order valence-electron chi connectivity index (χ0n) is 19.6. The van der Waals surface area contributed by atoms with Gasteiger partial charge in [0.25, 0.3) is 0 Å². The van der Waals surface area contributed by atoms with E-state index in [9.17, 15) is 4.39 Å². The molecule has 2 fully saturated rings. The van der Waals surface area contributed by atoms with E-state index in [0.29, 0.717) is 23.8 Å². The molecule has 1 aliphatic carbocycles. The molecule has 2 aromatic rings. The number of hydrogen-bond donors (Lipinski definition) is 3. The minimum atomic E-state index is -0.486. The van der Waals surface area contributed by atoms with Gasteiger partial charge in [0.2, 0.25) is 17.8 Å². The second-order valence-corrected chi connectivity index (χ2v) is 8.88. The number of nitrogens with zero attached hydrogens (tertiary/aromatic N) is 5. The number of halogens is 1. The van der Waals surface area contributed by atoms with Gasteiger partial charge >= 0.3 is 0 Å². The number of nitrogen functional groups attached to an aromatic ring is 1. The molecule has 33 heavy (non-hydrogen) atoms. The lowest BCUT2D eigenvalue weighted by atomic mass is 10.0. The van der Waals surface area contributed by atoms with Crippen molar-refractivity contribution in [2.24, 2.45) is 0 Å². The Bertz CT molecular complexity index is 915. The van der Waals surface area contributed by atoms with Crippen molar-refractivity contribution in [3.8, 4) is 5.75 Å². The Labute approximate surface area is 194 Å². The Morgan fingerprint density at radius 2 is 1.97 bits per heavy atom. The molecule has 2 unspecified atom stereocenters. The zero-order valence-corrected chi connectivity index (χ0v) is 19.6. The maximum atomic E-state index is 14.7. The summed E-state index contributed by atoms with van der Waals surface area (Å²) in [6, 6.07) is 1.86. The third-order valence-corrected chi connectivity index (χ3v) is 6.63. The molecule has 1 saturated heterocycles. The van der Waals surface area contributed by atoms with Crippen molar-refractivity contribution in [2.45, 2.75) is 82.8 Å². The number of hydrogen-bond acceptors (Lipinski definition) is 9. The monoisotopic (exact) mass is 458 g/mol. The van der Waals surface area contributed by atoms with E-state index in [1.54, 1.807) is 0 Å². The predicted octanol–water partition coefficient (Wildman–Crippen LogP) is 3.80. The number of anilines is 4. The van der Waals surface area contributed by atoms with Crippen molar-refractivity contribution in [2.75, 3.05) is 29.6 Å². The summed E-state index contributed by atoms with van der Waals surface area (Å²) < 4.78 is 19.7. The van der Waals surface area contributed by atoms with Crippen LogP contribution >= 0.6 is 0 Å². The number of nitrogens with two attached hydrogens (primary N) is 1. The van der Waals surface area contributed by atoms with E-state index in [4.69, 9.17) is 15.5 Å². The Morgan fingerprint density at radius 1 is 1.18 bits per heavy atom. The molecule has 10 heteroatoms. The largest absolute Gasteiger partial charge is 0.492 e. The molecule has 4 N–H and O–H groups in total. The van der Waals surface area contributed by atoms with Crippen LogP contribution in [0.25, 0.3) is 0 Å². The van der Waals surface area contributed by atoms with Crippen molar-refractivity contribution in [1.82, 2.24) is 25.3 Å². The van der Waals surface area contributed by atoms with E-state index in [2.05, 4.69) is 32.5 Å². The first kappa shape index (κ1) is 23.4. The molecular weight excluding hydrogens is 423 g/mol. The molecule has 1 aliphatic heterocycles. The average molecular weight is 459 g/mol. The summed E-state index contributed by atoms with van der Waals surface area (Å²) in [6.07, 6.45) is 11.4. The Balaban J connectivity index is 1.71. The number of methoxy groups -OCH3 is 1. The van der Waals surface area contributed by atoms with Crippen molar-refractivity contribution in [3.63, 3.8) is 0 Å². The lowest BCUT2D eigenvalue weighted by Crippen LogP contribution is -2.46. The highest BCUT2D eigenvalue weighted by Crippen LogP contribution is 2.32. The van der Waals surface area contributed by atoms with Gasteiger partial charge < -0.3 is 21.1 Å². The Morgan fingerprint density at radius 3 is 2.61 bits per heavy atom. The lowest BCUT2D eigenvalue weighted by molar-refractivity contribution is 0.384. The summed E-state index contributed by atoms with van der Waals surface area (Å²) in [6.45, 7) is 3.06. The van der Waals surface area contributed by atoms with Gasteiger partial charge in [0.05, 0.1) is 19.3 Å². The van der Waals surface area contributed by atoms with Crippen LogP contribution in [0.2, 0.25) is 0 Å². The zero-order chi connectivity index (χ0) is 23.2. The highest BCUT2D eigenvalue weighted by Gasteiger charge is 2.33. The first-order valence-electron chi connectivity index (χ1n) is 12.1. The lowest BCUT2D eigenvalue weighted by Gasteiger charge is -2.34. The van der Waals surface area contributed by atoms with Gasteiger partial charge in [0.15, 0.2) is 11.6 Å². The Kier molecular flexibility index (Phi) is 7.74. The second kappa shape index (κ2) is 10.9. The van der Waals surface area contributed by atoms with E-state index < -0.39 is 5.82 Å². The number of aromatic nitrogens is 4. The smallest absolute Gasteiger partial charge is 0.238 e. The normalized spacial score (nSPS) is 20.3. The standard InChI is InChI=1S/C23H35FN8O/c1-3-18(17-11-8-12-26-17)32(20-13-16(24)19(33-2)14-27-20)23-30-21(25)29-22(31-23)28-15-9-6-4-5-7-10-15/h13-15,17-18,26H,3-12H2,1-2H3,(H3,25,28,29,30,31). The fourth-order valence-electron chi connectivity index (χ4n) is 4.96. The van der Waals surface area contributed by atoms with Crippen LogP contribution in [0, 0.1) is 5.82 Å². The van der Waals surface area contributed by atoms with E-state index in [1.807, 2.05) is 4.90 Å². The van der Waals surface area contributed by atoms with Crippen LogP contribution in [0.1, 0.15) is 64.7 Å². The molecule has 0 amide bonds. The second-order valence-electron chi connectivity index (χ2n) is 8.88. The van der Waals surface area contributed by atoms with Gasteiger partial charge in [-0.2, -0.15) is 15.0 Å². The van der Waals surface area contributed by atoms with Gasteiger partial charge in [-0.25, -0.2) is 9.37 Å².